The molecular formula is C7H13F3N2. The van der Waals surface area contributed by atoms with Gasteiger partial charge in [-0.3, -0.25) is 0 Å². The monoisotopic (exact) mass is 182 g/mol. The van der Waals surface area contributed by atoms with Crippen LogP contribution < -0.4 is 10.6 Å². The van der Waals surface area contributed by atoms with Crippen molar-refractivity contribution >= 4 is 0 Å². The van der Waals surface area contributed by atoms with Gasteiger partial charge in [0.05, 0.1) is 6.54 Å². The highest BCUT2D eigenvalue weighted by Gasteiger charge is 2.26. The summed E-state index contributed by atoms with van der Waals surface area (Å²) in [5, 5.41) is 5.43. The minimum absolute atomic E-state index is 0.385. The largest absolute Gasteiger partial charge is 0.401 e. The average Bonchev–Trinajstić information content (AvgIpc) is 2.68. The number of hydrogen-bond donors (Lipinski definition) is 2. The fraction of sp³-hybridized carbons (Fsp3) is 1.00. The molecule has 2 nitrogen and oxygen atoms in total. The molecule has 72 valence electrons. The lowest BCUT2D eigenvalue weighted by Gasteiger charge is -2.08. The molecule has 0 saturated heterocycles. The second-order valence-electron chi connectivity index (χ2n) is 3.02. The summed E-state index contributed by atoms with van der Waals surface area (Å²) in [5.41, 5.74) is 0. The lowest BCUT2D eigenvalue weighted by atomic mass is 10.5. The zero-order valence-corrected chi connectivity index (χ0v) is 6.75. The van der Waals surface area contributed by atoms with Gasteiger partial charge in [-0.1, -0.05) is 0 Å². The van der Waals surface area contributed by atoms with Gasteiger partial charge >= 0.3 is 6.18 Å². The van der Waals surface area contributed by atoms with Gasteiger partial charge in [-0.25, -0.2) is 0 Å². The first-order valence-corrected chi connectivity index (χ1v) is 4.09. The molecule has 1 aliphatic rings. The molecule has 0 aromatic rings. The molecule has 0 atom stereocenters. The van der Waals surface area contributed by atoms with Crippen LogP contribution in [-0.2, 0) is 0 Å². The van der Waals surface area contributed by atoms with Crippen LogP contribution in [0.2, 0.25) is 0 Å². The number of nitrogens with one attached hydrogen (secondary N) is 2. The maximum absolute atomic E-state index is 11.6. The summed E-state index contributed by atoms with van der Waals surface area (Å²) in [6.07, 6.45) is -1.75. The van der Waals surface area contributed by atoms with Gasteiger partial charge in [0.1, 0.15) is 0 Å². The van der Waals surface area contributed by atoms with E-state index in [1.165, 1.54) is 12.8 Å². The van der Waals surface area contributed by atoms with Crippen LogP contribution in [-0.4, -0.2) is 31.9 Å². The molecule has 0 unspecified atom stereocenters. The van der Waals surface area contributed by atoms with Crippen LogP contribution in [0.1, 0.15) is 12.8 Å². The van der Waals surface area contributed by atoms with E-state index in [0.29, 0.717) is 19.1 Å². The molecule has 0 heterocycles. The van der Waals surface area contributed by atoms with Crippen LogP contribution in [0.3, 0.4) is 0 Å². The van der Waals surface area contributed by atoms with Crippen molar-refractivity contribution in [2.24, 2.45) is 0 Å². The predicted octanol–water partition coefficient (Wildman–Crippen LogP) is 0.890. The Hall–Kier alpha value is -0.290. The zero-order valence-electron chi connectivity index (χ0n) is 6.75. The van der Waals surface area contributed by atoms with Gasteiger partial charge in [0.2, 0.25) is 0 Å². The number of alkyl halides is 3. The number of hydrogen-bond acceptors (Lipinski definition) is 2. The molecular weight excluding hydrogens is 169 g/mol. The quantitative estimate of drug-likeness (QED) is 0.617. The van der Waals surface area contributed by atoms with E-state index in [-0.39, 0.29) is 0 Å². The van der Waals surface area contributed by atoms with Crippen LogP contribution in [0.15, 0.2) is 0 Å². The second-order valence-corrected chi connectivity index (χ2v) is 3.02. The SMILES string of the molecule is FC(F)(F)CNCCNC1CC1. The van der Waals surface area contributed by atoms with Crippen molar-refractivity contribution in [2.45, 2.75) is 25.1 Å². The van der Waals surface area contributed by atoms with Gasteiger partial charge in [0.15, 0.2) is 0 Å². The third kappa shape index (κ3) is 5.37. The van der Waals surface area contributed by atoms with Crippen molar-refractivity contribution in [1.82, 2.24) is 10.6 Å². The maximum Gasteiger partial charge on any atom is 0.401 e. The molecule has 5 heteroatoms. The Kier molecular flexibility index (Phi) is 3.34. The molecule has 0 aromatic carbocycles. The van der Waals surface area contributed by atoms with Crippen LogP contribution >= 0.6 is 0 Å². The van der Waals surface area contributed by atoms with E-state index in [1.807, 2.05) is 0 Å². The minimum atomic E-state index is -4.08. The smallest absolute Gasteiger partial charge is 0.313 e. The Morgan fingerprint density at radius 3 is 2.33 bits per heavy atom. The third-order valence-electron chi connectivity index (χ3n) is 1.64. The van der Waals surface area contributed by atoms with Crippen molar-refractivity contribution in [3.63, 3.8) is 0 Å². The van der Waals surface area contributed by atoms with E-state index in [9.17, 15) is 13.2 Å². The summed E-state index contributed by atoms with van der Waals surface area (Å²) >= 11 is 0. The molecule has 0 radical (unpaired) electrons. The van der Waals surface area contributed by atoms with Crippen molar-refractivity contribution in [1.29, 1.82) is 0 Å². The topological polar surface area (TPSA) is 24.1 Å². The highest BCUT2D eigenvalue weighted by atomic mass is 19.4. The van der Waals surface area contributed by atoms with Crippen molar-refractivity contribution in [3.8, 4) is 0 Å². The maximum atomic E-state index is 11.6. The molecule has 0 aromatic heterocycles. The lowest BCUT2D eigenvalue weighted by Crippen LogP contribution is -2.34. The fourth-order valence-corrected chi connectivity index (χ4v) is 0.882. The summed E-state index contributed by atoms with van der Waals surface area (Å²) < 4.78 is 34.7. The Bertz CT molecular complexity index is 131. The van der Waals surface area contributed by atoms with E-state index >= 15 is 0 Å². The standard InChI is InChI=1S/C7H13F3N2/c8-7(9,10)5-11-3-4-12-6-1-2-6/h6,11-12H,1-5H2. The van der Waals surface area contributed by atoms with E-state index in [4.69, 9.17) is 0 Å². The summed E-state index contributed by atoms with van der Waals surface area (Å²) in [7, 11) is 0. The first kappa shape index (κ1) is 9.80. The van der Waals surface area contributed by atoms with Gasteiger partial charge < -0.3 is 10.6 Å². The van der Waals surface area contributed by atoms with Gasteiger partial charge in [0, 0.05) is 19.1 Å². The van der Waals surface area contributed by atoms with Crippen LogP contribution in [0.4, 0.5) is 13.2 Å². The van der Waals surface area contributed by atoms with Crippen molar-refractivity contribution in [2.75, 3.05) is 19.6 Å². The summed E-state index contributed by atoms with van der Waals surface area (Å²) in [5.74, 6) is 0. The third-order valence-corrected chi connectivity index (χ3v) is 1.64. The minimum Gasteiger partial charge on any atom is -0.313 e. The molecule has 1 fully saturated rings. The van der Waals surface area contributed by atoms with E-state index in [2.05, 4.69) is 10.6 Å². The highest BCUT2D eigenvalue weighted by molar-refractivity contribution is 4.80. The molecule has 12 heavy (non-hydrogen) atoms. The molecule has 1 aliphatic carbocycles. The normalized spacial score (nSPS) is 18.2. The Balaban J connectivity index is 1.82. The average molecular weight is 182 g/mol. The number of halogens is 3. The Labute approximate surface area is 69.5 Å². The molecule has 1 rings (SSSR count). The molecule has 0 bridgehead atoms. The van der Waals surface area contributed by atoms with Crippen molar-refractivity contribution in [3.05, 3.63) is 0 Å². The molecule has 0 amide bonds. The summed E-state index contributed by atoms with van der Waals surface area (Å²) in [6.45, 7) is 0.121. The number of rotatable bonds is 5. The Morgan fingerprint density at radius 2 is 1.83 bits per heavy atom. The van der Waals surface area contributed by atoms with Crippen molar-refractivity contribution < 1.29 is 13.2 Å². The molecule has 1 saturated carbocycles. The summed E-state index contributed by atoms with van der Waals surface area (Å²) in [6, 6.07) is 0.567. The Morgan fingerprint density at radius 1 is 1.17 bits per heavy atom. The fourth-order valence-electron chi connectivity index (χ4n) is 0.882. The first-order valence-electron chi connectivity index (χ1n) is 4.09. The lowest BCUT2D eigenvalue weighted by molar-refractivity contribution is -0.124. The van der Waals surface area contributed by atoms with Crippen LogP contribution in [0.25, 0.3) is 0 Å². The van der Waals surface area contributed by atoms with Gasteiger partial charge in [0.25, 0.3) is 0 Å². The van der Waals surface area contributed by atoms with Gasteiger partial charge in [-0.05, 0) is 12.8 Å². The zero-order chi connectivity index (χ0) is 9.03. The van der Waals surface area contributed by atoms with E-state index < -0.39 is 12.7 Å². The van der Waals surface area contributed by atoms with E-state index in [1.54, 1.807) is 0 Å². The predicted molar refractivity (Wildman–Crippen MR) is 39.9 cm³/mol. The highest BCUT2D eigenvalue weighted by Crippen LogP contribution is 2.17. The molecule has 2 N–H and O–H groups in total. The first-order chi connectivity index (χ1) is 5.58. The van der Waals surface area contributed by atoms with Gasteiger partial charge in [-0.2, -0.15) is 13.2 Å². The van der Waals surface area contributed by atoms with Gasteiger partial charge in [-0.15, -0.1) is 0 Å². The molecule has 0 aliphatic heterocycles. The van der Waals surface area contributed by atoms with Crippen LogP contribution in [0, 0.1) is 0 Å². The second kappa shape index (κ2) is 4.09. The molecule has 0 spiro atoms. The van der Waals surface area contributed by atoms with Crippen LogP contribution in [0.5, 0.6) is 0 Å². The summed E-state index contributed by atoms with van der Waals surface area (Å²) in [4.78, 5) is 0. The van der Waals surface area contributed by atoms with E-state index in [0.717, 1.165) is 0 Å².